The first-order valence-electron chi connectivity index (χ1n) is 14.0. The molecule has 41 heavy (non-hydrogen) atoms. The molecule has 2 unspecified atom stereocenters. The molecule has 0 spiro atoms. The van der Waals surface area contributed by atoms with Crippen LogP contribution in [0.15, 0.2) is 82.8 Å². The van der Waals surface area contributed by atoms with E-state index in [9.17, 15) is 0 Å². The van der Waals surface area contributed by atoms with Crippen molar-refractivity contribution >= 4 is 35.4 Å². The van der Waals surface area contributed by atoms with E-state index in [0.717, 1.165) is 32.9 Å². The Morgan fingerprint density at radius 3 is 1.66 bits per heavy atom. The predicted octanol–water partition coefficient (Wildman–Crippen LogP) is 5.22. The van der Waals surface area contributed by atoms with Crippen molar-refractivity contribution in [3.63, 3.8) is 0 Å². The first-order valence-corrected chi connectivity index (χ1v) is 16.0. The Morgan fingerprint density at radius 1 is 0.683 bits per heavy atom. The summed E-state index contributed by atoms with van der Waals surface area (Å²) in [5.41, 5.74) is 22.4. The number of nitrogens with two attached hydrogens (primary N) is 3. The lowest BCUT2D eigenvalue weighted by atomic mass is 9.50. The van der Waals surface area contributed by atoms with E-state index in [-0.39, 0.29) is 35.7 Å². The van der Waals surface area contributed by atoms with Gasteiger partial charge in [-0.1, -0.05) is 60.7 Å². The number of aromatic nitrogens is 4. The van der Waals surface area contributed by atoms with Gasteiger partial charge in [-0.15, -0.1) is 23.5 Å². The molecular formula is C31H38N8S2. The molecule has 1 fully saturated rings. The molecule has 7 N–H and O–H groups in total. The van der Waals surface area contributed by atoms with E-state index in [1.165, 1.54) is 11.1 Å². The summed E-state index contributed by atoms with van der Waals surface area (Å²) in [6.45, 7) is 5.35. The molecule has 2 atom stereocenters. The largest absolute Gasteiger partial charge is 0.368 e. The fraction of sp³-hybridized carbons (Fsp3) is 0.355. The number of nitrogen functional groups attached to an aromatic ring is 1. The maximum Gasteiger partial charge on any atom is 0.224 e. The van der Waals surface area contributed by atoms with Crippen molar-refractivity contribution < 1.29 is 0 Å². The van der Waals surface area contributed by atoms with Crippen molar-refractivity contribution in [1.82, 2.24) is 19.9 Å². The highest BCUT2D eigenvalue weighted by Crippen LogP contribution is 2.66. The van der Waals surface area contributed by atoms with Crippen LogP contribution in [-0.2, 0) is 0 Å². The summed E-state index contributed by atoms with van der Waals surface area (Å²) in [6.07, 6.45) is 0. The molecule has 10 heteroatoms. The first kappa shape index (κ1) is 29.3. The van der Waals surface area contributed by atoms with Gasteiger partial charge in [-0.25, -0.2) is 19.9 Å². The van der Waals surface area contributed by atoms with Crippen molar-refractivity contribution in [2.24, 2.45) is 11.5 Å². The molecular weight excluding hydrogens is 549 g/mol. The normalized spacial score (nSPS) is 20.1. The van der Waals surface area contributed by atoms with Crippen molar-refractivity contribution in [2.75, 3.05) is 35.6 Å². The zero-order chi connectivity index (χ0) is 28.8. The van der Waals surface area contributed by atoms with Gasteiger partial charge in [-0.2, -0.15) is 0 Å². The average Bonchev–Trinajstić information content (AvgIpc) is 2.95. The third-order valence-electron chi connectivity index (χ3n) is 7.22. The number of nitrogens with zero attached hydrogens (tertiary/aromatic N) is 4. The number of benzene rings is 2. The second kappa shape index (κ2) is 13.7. The summed E-state index contributed by atoms with van der Waals surface area (Å²) >= 11 is 3.28. The lowest BCUT2D eigenvalue weighted by Gasteiger charge is -2.52. The highest BCUT2D eigenvalue weighted by Gasteiger charge is 2.54. The number of anilines is 2. The van der Waals surface area contributed by atoms with Crippen molar-refractivity contribution in [2.45, 2.75) is 53.6 Å². The van der Waals surface area contributed by atoms with Gasteiger partial charge in [0.2, 0.25) is 11.9 Å². The van der Waals surface area contributed by atoms with Gasteiger partial charge in [0.25, 0.3) is 0 Å². The Balaban J connectivity index is 1.67. The van der Waals surface area contributed by atoms with Crippen LogP contribution in [-0.4, -0.2) is 50.6 Å². The van der Waals surface area contributed by atoms with Gasteiger partial charge in [-0.3, -0.25) is 0 Å². The predicted molar refractivity (Wildman–Crippen MR) is 171 cm³/mol. The highest BCUT2D eigenvalue weighted by molar-refractivity contribution is 7.99. The van der Waals surface area contributed by atoms with E-state index in [1.54, 1.807) is 23.5 Å². The van der Waals surface area contributed by atoms with Gasteiger partial charge in [0, 0.05) is 54.3 Å². The molecule has 2 aromatic heterocycles. The van der Waals surface area contributed by atoms with Crippen molar-refractivity contribution in [3.8, 4) is 0 Å². The Labute approximate surface area is 250 Å². The standard InChI is InChI=1S/C31H38N8S2/c1-19(2)35-31-37-23(18-25(39-31)41-16-14-33)29-26(20-9-5-3-6-10-20)28(27(29)21-11-7-4-8-12-21)22-17-24(40-15-13-32)38-30(34)36-22/h3-12,17-19,26-29H,13-16,32-33H2,1-2H3,(H2,34,36,38)(H,35,37,39). The molecule has 1 aliphatic carbocycles. The molecule has 0 aliphatic heterocycles. The number of nitrogens with one attached hydrogen (secondary N) is 1. The van der Waals surface area contributed by atoms with E-state index in [2.05, 4.69) is 96.9 Å². The summed E-state index contributed by atoms with van der Waals surface area (Å²) in [4.78, 5) is 19.2. The molecule has 4 aromatic rings. The molecule has 0 saturated heterocycles. The smallest absolute Gasteiger partial charge is 0.224 e. The number of thioether (sulfide) groups is 2. The minimum Gasteiger partial charge on any atom is -0.368 e. The first-order chi connectivity index (χ1) is 20.0. The minimum absolute atomic E-state index is 0.0731. The third kappa shape index (κ3) is 6.83. The fourth-order valence-corrected chi connectivity index (χ4v) is 7.08. The Morgan fingerprint density at radius 2 is 1.17 bits per heavy atom. The molecule has 0 bridgehead atoms. The molecule has 2 heterocycles. The molecule has 0 radical (unpaired) electrons. The Bertz CT molecular complexity index is 1370. The van der Waals surface area contributed by atoms with Crippen LogP contribution in [0.2, 0.25) is 0 Å². The topological polar surface area (TPSA) is 142 Å². The second-order valence-electron chi connectivity index (χ2n) is 10.4. The van der Waals surface area contributed by atoms with E-state index in [0.29, 0.717) is 19.0 Å². The van der Waals surface area contributed by atoms with Gasteiger partial charge in [0.1, 0.15) is 10.1 Å². The van der Waals surface area contributed by atoms with Crippen molar-refractivity contribution in [3.05, 3.63) is 95.3 Å². The summed E-state index contributed by atoms with van der Waals surface area (Å²) in [5.74, 6) is 2.90. The van der Waals surface area contributed by atoms with Crippen LogP contribution in [0.1, 0.15) is 60.0 Å². The molecule has 0 amide bonds. The fourth-order valence-electron chi connectivity index (χ4n) is 5.71. The minimum atomic E-state index is 0.0731. The van der Waals surface area contributed by atoms with Crippen LogP contribution in [0.5, 0.6) is 0 Å². The van der Waals surface area contributed by atoms with Crippen molar-refractivity contribution in [1.29, 1.82) is 0 Å². The van der Waals surface area contributed by atoms with Gasteiger partial charge in [-0.05, 0) is 37.1 Å². The third-order valence-corrected chi connectivity index (χ3v) is 9.10. The summed E-state index contributed by atoms with van der Waals surface area (Å²) in [6, 6.07) is 25.8. The van der Waals surface area contributed by atoms with Gasteiger partial charge in [0.15, 0.2) is 0 Å². The number of hydrogen-bond donors (Lipinski definition) is 4. The average molecular weight is 587 g/mol. The highest BCUT2D eigenvalue weighted by atomic mass is 32.2. The molecule has 214 valence electrons. The van der Waals surface area contributed by atoms with Crippen LogP contribution in [0.4, 0.5) is 11.9 Å². The van der Waals surface area contributed by atoms with E-state index in [1.807, 2.05) is 0 Å². The molecule has 2 aromatic carbocycles. The van der Waals surface area contributed by atoms with Gasteiger partial charge < -0.3 is 22.5 Å². The maximum atomic E-state index is 6.29. The zero-order valence-electron chi connectivity index (χ0n) is 23.5. The zero-order valence-corrected chi connectivity index (χ0v) is 25.1. The second-order valence-corrected chi connectivity index (χ2v) is 12.7. The molecule has 5 rings (SSSR count). The van der Waals surface area contributed by atoms with E-state index in [4.69, 9.17) is 32.2 Å². The lowest BCUT2D eigenvalue weighted by molar-refractivity contribution is 0.219. The maximum absolute atomic E-state index is 6.29. The molecule has 8 nitrogen and oxygen atoms in total. The summed E-state index contributed by atoms with van der Waals surface area (Å²) < 4.78 is 0. The lowest BCUT2D eigenvalue weighted by Crippen LogP contribution is -2.41. The monoisotopic (exact) mass is 586 g/mol. The van der Waals surface area contributed by atoms with E-state index >= 15 is 0 Å². The van der Waals surface area contributed by atoms with E-state index < -0.39 is 0 Å². The van der Waals surface area contributed by atoms with Crippen LogP contribution < -0.4 is 22.5 Å². The Hall–Kier alpha value is -3.18. The molecule has 1 aliphatic rings. The Kier molecular flexibility index (Phi) is 9.76. The summed E-state index contributed by atoms with van der Waals surface area (Å²) in [7, 11) is 0. The van der Waals surface area contributed by atoms with Crippen LogP contribution in [0.3, 0.4) is 0 Å². The summed E-state index contributed by atoms with van der Waals surface area (Å²) in [5, 5.41) is 5.22. The van der Waals surface area contributed by atoms with Crippen LogP contribution in [0.25, 0.3) is 0 Å². The van der Waals surface area contributed by atoms with Gasteiger partial charge in [0.05, 0.1) is 11.4 Å². The number of hydrogen-bond acceptors (Lipinski definition) is 10. The SMILES string of the molecule is CC(C)Nc1nc(SCCN)cc(C2C(c3ccccc3)C(c3cc(SCCN)nc(N)n3)C2c2ccccc2)n1. The molecule has 1 saturated carbocycles. The van der Waals surface area contributed by atoms with Crippen LogP contribution >= 0.6 is 23.5 Å². The van der Waals surface area contributed by atoms with Gasteiger partial charge >= 0.3 is 0 Å². The number of rotatable bonds is 12. The van der Waals surface area contributed by atoms with Crippen LogP contribution in [0, 0.1) is 0 Å². The quantitative estimate of drug-likeness (QED) is 0.129.